The van der Waals surface area contributed by atoms with E-state index in [1.165, 1.54) is 0 Å². The van der Waals surface area contributed by atoms with Crippen molar-refractivity contribution in [3.63, 3.8) is 0 Å². The molecule has 0 spiro atoms. The molecule has 0 saturated heterocycles. The maximum Gasteiger partial charge on any atom is 0.127 e. The second-order valence-corrected chi connectivity index (χ2v) is 4.34. The SMILES string of the molecule is COCCNCC(O)c1ccc(C)c(C)c1OC. The van der Waals surface area contributed by atoms with E-state index in [1.54, 1.807) is 14.2 Å². The number of hydrogen-bond acceptors (Lipinski definition) is 4. The minimum Gasteiger partial charge on any atom is -0.496 e. The van der Waals surface area contributed by atoms with Crippen molar-refractivity contribution in [2.24, 2.45) is 0 Å². The first kappa shape index (κ1) is 15.0. The Morgan fingerprint density at radius 3 is 2.61 bits per heavy atom. The van der Waals surface area contributed by atoms with Gasteiger partial charge in [-0.3, -0.25) is 0 Å². The van der Waals surface area contributed by atoms with Gasteiger partial charge in [0.05, 0.1) is 19.8 Å². The highest BCUT2D eigenvalue weighted by atomic mass is 16.5. The highest BCUT2D eigenvalue weighted by Crippen LogP contribution is 2.30. The maximum atomic E-state index is 10.2. The lowest BCUT2D eigenvalue weighted by atomic mass is 10.0. The van der Waals surface area contributed by atoms with Crippen LogP contribution in [0.15, 0.2) is 12.1 Å². The van der Waals surface area contributed by atoms with Gasteiger partial charge in [-0.2, -0.15) is 0 Å². The molecular formula is C14H23NO3. The molecule has 0 saturated carbocycles. The predicted molar refractivity (Wildman–Crippen MR) is 72.2 cm³/mol. The molecule has 0 aliphatic rings. The Bertz CT molecular complexity index is 380. The van der Waals surface area contributed by atoms with Gasteiger partial charge >= 0.3 is 0 Å². The molecule has 0 radical (unpaired) electrons. The zero-order valence-corrected chi connectivity index (χ0v) is 11.6. The minimum absolute atomic E-state index is 0.488. The van der Waals surface area contributed by atoms with Crippen molar-refractivity contribution < 1.29 is 14.6 Å². The summed E-state index contributed by atoms with van der Waals surface area (Å²) >= 11 is 0. The number of aryl methyl sites for hydroxylation is 1. The smallest absolute Gasteiger partial charge is 0.127 e. The molecule has 0 heterocycles. The number of aliphatic hydroxyl groups is 1. The molecule has 1 rings (SSSR count). The summed E-state index contributed by atoms with van der Waals surface area (Å²) in [6.45, 7) is 5.88. The maximum absolute atomic E-state index is 10.2. The molecule has 0 aliphatic heterocycles. The lowest BCUT2D eigenvalue weighted by molar-refractivity contribution is 0.158. The molecule has 0 fully saturated rings. The number of ether oxygens (including phenoxy) is 2. The molecule has 0 aromatic heterocycles. The minimum atomic E-state index is -0.573. The molecular weight excluding hydrogens is 230 g/mol. The fraction of sp³-hybridized carbons (Fsp3) is 0.571. The first-order chi connectivity index (χ1) is 8.61. The standard InChI is InChI=1S/C14H23NO3/c1-10-5-6-12(14(18-4)11(10)2)13(16)9-15-7-8-17-3/h5-6,13,15-16H,7-9H2,1-4H3. The Kier molecular flexibility index (Phi) is 6.12. The van der Waals surface area contributed by atoms with E-state index in [9.17, 15) is 5.11 Å². The van der Waals surface area contributed by atoms with Crippen LogP contribution in [0.25, 0.3) is 0 Å². The Morgan fingerprint density at radius 1 is 1.28 bits per heavy atom. The van der Waals surface area contributed by atoms with Crippen molar-refractivity contribution in [3.8, 4) is 5.75 Å². The summed E-state index contributed by atoms with van der Waals surface area (Å²) in [5.41, 5.74) is 3.06. The van der Waals surface area contributed by atoms with E-state index in [0.717, 1.165) is 29.0 Å². The van der Waals surface area contributed by atoms with Crippen LogP contribution >= 0.6 is 0 Å². The van der Waals surface area contributed by atoms with Gasteiger partial charge in [0.25, 0.3) is 0 Å². The monoisotopic (exact) mass is 253 g/mol. The van der Waals surface area contributed by atoms with Gasteiger partial charge in [-0.1, -0.05) is 12.1 Å². The summed E-state index contributed by atoms with van der Waals surface area (Å²) in [5.74, 6) is 0.774. The quantitative estimate of drug-likeness (QED) is 0.724. The van der Waals surface area contributed by atoms with E-state index < -0.39 is 6.10 Å². The second kappa shape index (κ2) is 7.36. The summed E-state index contributed by atoms with van der Waals surface area (Å²) in [4.78, 5) is 0. The summed E-state index contributed by atoms with van der Waals surface area (Å²) in [5, 5.41) is 13.3. The Hall–Kier alpha value is -1.10. The van der Waals surface area contributed by atoms with Crippen LogP contribution in [0.1, 0.15) is 22.8 Å². The molecule has 1 unspecified atom stereocenters. The Morgan fingerprint density at radius 2 is 2.00 bits per heavy atom. The topological polar surface area (TPSA) is 50.7 Å². The molecule has 1 aromatic carbocycles. The molecule has 1 atom stereocenters. The van der Waals surface area contributed by atoms with Gasteiger partial charge in [0.1, 0.15) is 5.75 Å². The molecule has 0 bridgehead atoms. The number of benzene rings is 1. The summed E-state index contributed by atoms with van der Waals surface area (Å²) in [6, 6.07) is 3.93. The normalized spacial score (nSPS) is 12.5. The first-order valence-electron chi connectivity index (χ1n) is 6.13. The molecule has 4 heteroatoms. The first-order valence-corrected chi connectivity index (χ1v) is 6.13. The third-order valence-corrected chi connectivity index (χ3v) is 3.09. The average molecular weight is 253 g/mol. The predicted octanol–water partition coefficient (Wildman–Crippen LogP) is 1.58. The summed E-state index contributed by atoms with van der Waals surface area (Å²) in [7, 11) is 3.29. The zero-order chi connectivity index (χ0) is 13.5. The molecule has 2 N–H and O–H groups in total. The fourth-order valence-electron chi connectivity index (χ4n) is 1.87. The van der Waals surface area contributed by atoms with Crippen LogP contribution in [-0.2, 0) is 4.74 Å². The van der Waals surface area contributed by atoms with E-state index in [1.807, 2.05) is 26.0 Å². The van der Waals surface area contributed by atoms with Crippen molar-refractivity contribution >= 4 is 0 Å². The van der Waals surface area contributed by atoms with Crippen LogP contribution in [-0.4, -0.2) is 39.0 Å². The van der Waals surface area contributed by atoms with Crippen molar-refractivity contribution in [2.45, 2.75) is 20.0 Å². The van der Waals surface area contributed by atoms with E-state index in [0.29, 0.717) is 13.2 Å². The van der Waals surface area contributed by atoms with E-state index in [2.05, 4.69) is 5.32 Å². The van der Waals surface area contributed by atoms with E-state index in [-0.39, 0.29) is 0 Å². The number of aliphatic hydroxyl groups excluding tert-OH is 1. The van der Waals surface area contributed by atoms with E-state index >= 15 is 0 Å². The molecule has 0 aliphatic carbocycles. The lowest BCUT2D eigenvalue weighted by Crippen LogP contribution is -2.25. The lowest BCUT2D eigenvalue weighted by Gasteiger charge is -2.18. The van der Waals surface area contributed by atoms with Crippen molar-refractivity contribution in [2.75, 3.05) is 33.9 Å². The fourth-order valence-corrected chi connectivity index (χ4v) is 1.87. The number of methoxy groups -OCH3 is 2. The average Bonchev–Trinajstić information content (AvgIpc) is 2.37. The molecule has 0 amide bonds. The van der Waals surface area contributed by atoms with Crippen LogP contribution in [0.4, 0.5) is 0 Å². The van der Waals surface area contributed by atoms with Gasteiger partial charge in [-0.25, -0.2) is 0 Å². The van der Waals surface area contributed by atoms with E-state index in [4.69, 9.17) is 9.47 Å². The van der Waals surface area contributed by atoms with Gasteiger partial charge in [0.15, 0.2) is 0 Å². The van der Waals surface area contributed by atoms with Gasteiger partial charge in [0, 0.05) is 25.8 Å². The molecule has 1 aromatic rings. The van der Waals surface area contributed by atoms with Gasteiger partial charge in [0.2, 0.25) is 0 Å². The molecule has 102 valence electrons. The van der Waals surface area contributed by atoms with Gasteiger partial charge in [-0.15, -0.1) is 0 Å². The highest BCUT2D eigenvalue weighted by Gasteiger charge is 2.15. The molecule has 4 nitrogen and oxygen atoms in total. The number of hydrogen-bond donors (Lipinski definition) is 2. The number of nitrogens with one attached hydrogen (secondary N) is 1. The van der Waals surface area contributed by atoms with Gasteiger partial charge < -0.3 is 19.9 Å². The highest BCUT2D eigenvalue weighted by molar-refractivity contribution is 5.46. The third-order valence-electron chi connectivity index (χ3n) is 3.09. The van der Waals surface area contributed by atoms with Crippen molar-refractivity contribution in [1.29, 1.82) is 0 Å². The zero-order valence-electron chi connectivity index (χ0n) is 11.6. The van der Waals surface area contributed by atoms with Crippen LogP contribution in [0.3, 0.4) is 0 Å². The Labute approximate surface area is 109 Å². The van der Waals surface area contributed by atoms with Crippen LogP contribution < -0.4 is 10.1 Å². The van der Waals surface area contributed by atoms with Crippen molar-refractivity contribution in [1.82, 2.24) is 5.32 Å². The van der Waals surface area contributed by atoms with Crippen LogP contribution in [0.5, 0.6) is 5.75 Å². The second-order valence-electron chi connectivity index (χ2n) is 4.34. The van der Waals surface area contributed by atoms with Crippen molar-refractivity contribution in [3.05, 3.63) is 28.8 Å². The number of rotatable bonds is 7. The van der Waals surface area contributed by atoms with Gasteiger partial charge in [-0.05, 0) is 25.0 Å². The summed E-state index contributed by atoms with van der Waals surface area (Å²) in [6.07, 6.45) is -0.573. The van der Waals surface area contributed by atoms with Crippen LogP contribution in [0.2, 0.25) is 0 Å². The third kappa shape index (κ3) is 3.70. The Balaban J connectivity index is 2.73. The summed E-state index contributed by atoms with van der Waals surface area (Å²) < 4.78 is 10.3. The molecule has 18 heavy (non-hydrogen) atoms. The van der Waals surface area contributed by atoms with Crippen LogP contribution in [0, 0.1) is 13.8 Å². The largest absolute Gasteiger partial charge is 0.496 e.